The molecule has 0 fully saturated rings. The van der Waals surface area contributed by atoms with Gasteiger partial charge in [0.1, 0.15) is 11.8 Å². The van der Waals surface area contributed by atoms with E-state index in [0.29, 0.717) is 25.1 Å². The number of hydrogen-bond donors (Lipinski definition) is 3. The topological polar surface area (TPSA) is 79.5 Å². The molecule has 0 bridgehead atoms. The molecule has 3 rings (SSSR count). The second-order valence-electron chi connectivity index (χ2n) is 9.99. The predicted octanol–water partition coefficient (Wildman–Crippen LogP) is 4.87. The zero-order valence-corrected chi connectivity index (χ0v) is 21.9. The third-order valence-corrected chi connectivity index (χ3v) is 6.01. The normalized spacial score (nSPS) is 11.9. The molecule has 0 unspecified atom stereocenters. The first-order valence-electron chi connectivity index (χ1n) is 12.3. The second-order valence-corrected chi connectivity index (χ2v) is 9.99. The number of nitrogens with one attached hydrogen (secondary N) is 3. The lowest BCUT2D eigenvalue weighted by Crippen LogP contribution is -2.48. The molecule has 3 aromatic rings. The summed E-state index contributed by atoms with van der Waals surface area (Å²) in [5.41, 5.74) is 4.73. The highest BCUT2D eigenvalue weighted by atomic mass is 16.5. The summed E-state index contributed by atoms with van der Waals surface area (Å²) in [5, 5.41) is 9.17. The van der Waals surface area contributed by atoms with E-state index in [1.165, 1.54) is 5.56 Å². The molecule has 0 aliphatic rings. The molecule has 3 N–H and O–H groups in total. The highest BCUT2D eigenvalue weighted by molar-refractivity contribution is 5.97. The molecule has 6 nitrogen and oxygen atoms in total. The van der Waals surface area contributed by atoms with Gasteiger partial charge in [-0.15, -0.1) is 0 Å². The second kappa shape index (κ2) is 12.2. The van der Waals surface area contributed by atoms with Crippen molar-refractivity contribution in [1.29, 1.82) is 0 Å². The number of benzene rings is 3. The number of hydrogen-bond acceptors (Lipinski definition) is 4. The molecule has 1 atom stereocenters. The van der Waals surface area contributed by atoms with Crippen LogP contribution in [0, 0.1) is 6.92 Å². The standard InChI is InChI=1S/C30H37N3O3/c1-21-7-6-8-23(19-21)28(34)33-27(20-22-9-11-24(12-10-22)30(2,3)4)29(35)32-18-17-31-25-13-15-26(36-5)16-14-25/h6-16,19,27,31H,17-18,20H2,1-5H3,(H,32,35)(H,33,34)/t27-/m0/s1. The summed E-state index contributed by atoms with van der Waals surface area (Å²) < 4.78 is 5.18. The number of methoxy groups -OCH3 is 1. The van der Waals surface area contributed by atoms with E-state index >= 15 is 0 Å². The van der Waals surface area contributed by atoms with Gasteiger partial charge in [-0.2, -0.15) is 0 Å². The van der Waals surface area contributed by atoms with Crippen molar-refractivity contribution >= 4 is 17.5 Å². The lowest BCUT2D eigenvalue weighted by molar-refractivity contribution is -0.122. The minimum atomic E-state index is -0.695. The molecule has 0 heterocycles. The third kappa shape index (κ3) is 7.87. The summed E-state index contributed by atoms with van der Waals surface area (Å²) in [6.07, 6.45) is 0.403. The van der Waals surface area contributed by atoms with Crippen LogP contribution in [0.5, 0.6) is 5.75 Å². The van der Waals surface area contributed by atoms with E-state index in [2.05, 4.69) is 48.9 Å². The lowest BCUT2D eigenvalue weighted by Gasteiger charge is -2.21. The van der Waals surface area contributed by atoms with Gasteiger partial charge in [0.25, 0.3) is 5.91 Å². The van der Waals surface area contributed by atoms with Gasteiger partial charge in [-0.3, -0.25) is 9.59 Å². The first kappa shape index (κ1) is 26.8. The van der Waals surface area contributed by atoms with Gasteiger partial charge < -0.3 is 20.7 Å². The van der Waals surface area contributed by atoms with Gasteiger partial charge in [0, 0.05) is 30.8 Å². The highest BCUT2D eigenvalue weighted by Crippen LogP contribution is 2.22. The Morgan fingerprint density at radius 2 is 1.61 bits per heavy atom. The summed E-state index contributed by atoms with van der Waals surface area (Å²) >= 11 is 0. The van der Waals surface area contributed by atoms with Crippen molar-refractivity contribution in [3.05, 3.63) is 95.1 Å². The Morgan fingerprint density at radius 3 is 2.22 bits per heavy atom. The number of anilines is 1. The van der Waals surface area contributed by atoms with Crippen molar-refractivity contribution in [2.24, 2.45) is 0 Å². The fourth-order valence-electron chi connectivity index (χ4n) is 3.84. The molecule has 0 spiro atoms. The number of carbonyl (C=O) groups is 2. The minimum absolute atomic E-state index is 0.0472. The number of ether oxygens (including phenoxy) is 1. The van der Waals surface area contributed by atoms with E-state index in [9.17, 15) is 9.59 Å². The van der Waals surface area contributed by atoms with Gasteiger partial charge >= 0.3 is 0 Å². The van der Waals surface area contributed by atoms with Gasteiger partial charge in [0.05, 0.1) is 7.11 Å². The summed E-state index contributed by atoms with van der Waals surface area (Å²) in [4.78, 5) is 26.1. The van der Waals surface area contributed by atoms with E-state index in [0.717, 1.165) is 22.6 Å². The molecular weight excluding hydrogens is 450 g/mol. The van der Waals surface area contributed by atoms with Crippen molar-refractivity contribution in [3.63, 3.8) is 0 Å². The zero-order chi connectivity index (χ0) is 26.1. The van der Waals surface area contributed by atoms with Gasteiger partial charge in [0.15, 0.2) is 0 Å². The molecule has 0 saturated heterocycles. The molecule has 36 heavy (non-hydrogen) atoms. The summed E-state index contributed by atoms with van der Waals surface area (Å²) in [6, 6.07) is 22.5. The van der Waals surface area contributed by atoms with Gasteiger partial charge in [0.2, 0.25) is 5.91 Å². The Hall–Kier alpha value is -3.80. The van der Waals surface area contributed by atoms with Crippen LogP contribution in [0.1, 0.15) is 47.8 Å². The molecule has 0 aromatic heterocycles. The molecule has 3 aromatic carbocycles. The Morgan fingerprint density at radius 1 is 0.917 bits per heavy atom. The maximum absolute atomic E-state index is 13.1. The van der Waals surface area contributed by atoms with Crippen LogP contribution in [0.3, 0.4) is 0 Å². The minimum Gasteiger partial charge on any atom is -0.497 e. The number of aryl methyl sites for hydroxylation is 1. The molecule has 0 aliphatic carbocycles. The first-order valence-corrected chi connectivity index (χ1v) is 12.3. The number of carbonyl (C=O) groups excluding carboxylic acids is 2. The molecule has 0 saturated carbocycles. The molecule has 2 amide bonds. The first-order chi connectivity index (χ1) is 17.2. The molecule has 190 valence electrons. The van der Waals surface area contributed by atoms with Crippen LogP contribution in [0.2, 0.25) is 0 Å². The SMILES string of the molecule is COc1ccc(NCCNC(=O)[C@H](Cc2ccc(C(C)(C)C)cc2)NC(=O)c2cccc(C)c2)cc1. The molecule has 0 aliphatic heterocycles. The lowest BCUT2D eigenvalue weighted by atomic mass is 9.86. The summed E-state index contributed by atoms with van der Waals surface area (Å²) in [7, 11) is 1.63. The van der Waals surface area contributed by atoms with Crippen molar-refractivity contribution in [1.82, 2.24) is 10.6 Å². The Kier molecular flexibility index (Phi) is 9.12. The maximum atomic E-state index is 13.1. The monoisotopic (exact) mass is 487 g/mol. The van der Waals surface area contributed by atoms with Crippen molar-refractivity contribution in [3.8, 4) is 5.75 Å². The van der Waals surface area contributed by atoms with Crippen LogP contribution < -0.4 is 20.7 Å². The average molecular weight is 488 g/mol. The highest BCUT2D eigenvalue weighted by Gasteiger charge is 2.22. The number of amides is 2. The average Bonchev–Trinajstić information content (AvgIpc) is 2.86. The largest absolute Gasteiger partial charge is 0.497 e. The fraction of sp³-hybridized carbons (Fsp3) is 0.333. The Balaban J connectivity index is 1.65. The van der Waals surface area contributed by atoms with Crippen LogP contribution >= 0.6 is 0 Å². The molecular formula is C30H37N3O3. The van der Waals surface area contributed by atoms with Crippen molar-refractivity contribution < 1.29 is 14.3 Å². The predicted molar refractivity (Wildman–Crippen MR) is 146 cm³/mol. The van der Waals surface area contributed by atoms with Gasteiger partial charge in [-0.1, -0.05) is 62.7 Å². The maximum Gasteiger partial charge on any atom is 0.251 e. The quantitative estimate of drug-likeness (QED) is 0.357. The van der Waals surface area contributed by atoms with E-state index in [-0.39, 0.29) is 17.2 Å². The van der Waals surface area contributed by atoms with Crippen LogP contribution in [-0.2, 0) is 16.6 Å². The van der Waals surface area contributed by atoms with Crippen LogP contribution in [0.15, 0.2) is 72.8 Å². The Bertz CT molecular complexity index is 1150. The zero-order valence-electron chi connectivity index (χ0n) is 21.9. The smallest absolute Gasteiger partial charge is 0.251 e. The van der Waals surface area contributed by atoms with E-state index in [1.807, 2.05) is 61.5 Å². The van der Waals surface area contributed by atoms with Gasteiger partial charge in [-0.25, -0.2) is 0 Å². The van der Waals surface area contributed by atoms with E-state index in [4.69, 9.17) is 4.74 Å². The Labute approximate surface area is 214 Å². The molecule has 0 radical (unpaired) electrons. The third-order valence-electron chi connectivity index (χ3n) is 6.01. The van der Waals surface area contributed by atoms with Crippen LogP contribution in [0.25, 0.3) is 0 Å². The van der Waals surface area contributed by atoms with E-state index in [1.54, 1.807) is 13.2 Å². The van der Waals surface area contributed by atoms with Crippen LogP contribution in [-0.4, -0.2) is 38.1 Å². The summed E-state index contributed by atoms with van der Waals surface area (Å²) in [6.45, 7) is 9.41. The summed E-state index contributed by atoms with van der Waals surface area (Å²) in [5.74, 6) is 0.311. The van der Waals surface area contributed by atoms with E-state index < -0.39 is 6.04 Å². The van der Waals surface area contributed by atoms with Gasteiger partial charge in [-0.05, 0) is 59.9 Å². The molecule has 6 heteroatoms. The number of rotatable bonds is 10. The van der Waals surface area contributed by atoms with Crippen molar-refractivity contribution in [2.45, 2.75) is 45.6 Å². The van der Waals surface area contributed by atoms with Crippen molar-refractivity contribution in [2.75, 3.05) is 25.5 Å². The van der Waals surface area contributed by atoms with Crippen LogP contribution in [0.4, 0.5) is 5.69 Å². The fourth-order valence-corrected chi connectivity index (χ4v) is 3.84.